The van der Waals surface area contributed by atoms with Crippen LogP contribution in [0.4, 0.5) is 0 Å². The number of H-pyrrole nitrogens is 1. The lowest BCUT2D eigenvalue weighted by atomic mass is 9.98. The van der Waals surface area contributed by atoms with E-state index in [0.29, 0.717) is 11.1 Å². The third kappa shape index (κ3) is 4.88. The number of nitriles is 1. The molecule has 4 rings (SSSR count). The van der Waals surface area contributed by atoms with Crippen molar-refractivity contribution in [2.75, 3.05) is 0 Å². The molecule has 0 aliphatic carbocycles. The van der Waals surface area contributed by atoms with Crippen molar-refractivity contribution in [1.29, 1.82) is 5.26 Å². The zero-order chi connectivity index (χ0) is 21.6. The summed E-state index contributed by atoms with van der Waals surface area (Å²) in [6.45, 7) is 0. The maximum absolute atomic E-state index is 11.4. The van der Waals surface area contributed by atoms with Crippen LogP contribution in [0.2, 0.25) is 0 Å². The fraction of sp³-hybridized carbons (Fsp3) is 0.115. The fourth-order valence-corrected chi connectivity index (χ4v) is 3.57. The second-order valence-corrected chi connectivity index (χ2v) is 7.39. The first-order valence-corrected chi connectivity index (χ1v) is 10.1. The molecule has 0 unspecified atom stereocenters. The van der Waals surface area contributed by atoms with Gasteiger partial charge in [0.25, 0.3) is 0 Å². The summed E-state index contributed by atoms with van der Waals surface area (Å²) >= 11 is 0. The molecule has 152 valence electrons. The summed E-state index contributed by atoms with van der Waals surface area (Å²) in [5.74, 6) is 0.0123. The third-order valence-electron chi connectivity index (χ3n) is 5.23. The third-order valence-corrected chi connectivity index (χ3v) is 5.23. The number of aromatic nitrogens is 2. The average molecular weight is 407 g/mol. The standard InChI is InChI=1S/C26H21N3O2/c27-16-20-7-5-19(6-8-20)15-22-17-28-25(29-22)14-11-18-9-12-21(13-10-18)23-3-1-2-4-24(23)26(30)31/h1-10,12-13,17H,11,14-15H2,(H,28,29)(H,30,31). The van der Waals surface area contributed by atoms with Crippen LogP contribution in [0.3, 0.4) is 0 Å². The molecule has 0 aliphatic rings. The van der Waals surface area contributed by atoms with E-state index in [1.165, 1.54) is 5.56 Å². The zero-order valence-corrected chi connectivity index (χ0v) is 16.9. The summed E-state index contributed by atoms with van der Waals surface area (Å²) in [4.78, 5) is 19.3. The number of imidazole rings is 1. The first-order chi connectivity index (χ1) is 15.1. The van der Waals surface area contributed by atoms with Crippen LogP contribution in [0.15, 0.2) is 79.0 Å². The fourth-order valence-electron chi connectivity index (χ4n) is 3.57. The minimum atomic E-state index is -0.922. The van der Waals surface area contributed by atoms with Gasteiger partial charge in [-0.3, -0.25) is 0 Å². The van der Waals surface area contributed by atoms with Gasteiger partial charge in [-0.15, -0.1) is 0 Å². The summed E-state index contributed by atoms with van der Waals surface area (Å²) < 4.78 is 0. The molecule has 0 atom stereocenters. The lowest BCUT2D eigenvalue weighted by molar-refractivity contribution is 0.0697. The van der Waals surface area contributed by atoms with E-state index in [0.717, 1.165) is 47.5 Å². The Labute approximate surface area is 180 Å². The maximum atomic E-state index is 11.4. The Kier molecular flexibility index (Phi) is 5.91. The summed E-state index contributed by atoms with van der Waals surface area (Å²) in [5.41, 5.74) is 5.92. The van der Waals surface area contributed by atoms with Crippen molar-refractivity contribution in [3.63, 3.8) is 0 Å². The van der Waals surface area contributed by atoms with Crippen molar-refractivity contribution in [2.24, 2.45) is 0 Å². The number of hydrogen-bond acceptors (Lipinski definition) is 3. The highest BCUT2D eigenvalue weighted by Gasteiger charge is 2.10. The van der Waals surface area contributed by atoms with E-state index >= 15 is 0 Å². The van der Waals surface area contributed by atoms with Crippen LogP contribution in [0, 0.1) is 11.3 Å². The molecule has 0 radical (unpaired) electrons. The topological polar surface area (TPSA) is 89.8 Å². The van der Waals surface area contributed by atoms with Gasteiger partial charge in [0.15, 0.2) is 0 Å². The Bertz CT molecular complexity index is 1230. The van der Waals surface area contributed by atoms with Crippen LogP contribution in [0.1, 0.15) is 38.6 Å². The van der Waals surface area contributed by atoms with Gasteiger partial charge in [-0.2, -0.15) is 5.26 Å². The number of hydrogen-bond donors (Lipinski definition) is 2. The van der Waals surface area contributed by atoms with Crippen molar-refractivity contribution in [1.82, 2.24) is 9.97 Å². The second-order valence-electron chi connectivity index (χ2n) is 7.39. The number of carboxylic acid groups (broad SMARTS) is 1. The minimum Gasteiger partial charge on any atom is -0.478 e. The number of aromatic amines is 1. The smallest absolute Gasteiger partial charge is 0.336 e. The number of benzene rings is 3. The number of carboxylic acids is 1. The summed E-state index contributed by atoms with van der Waals surface area (Å²) in [5, 5.41) is 18.3. The number of aromatic carboxylic acids is 1. The van der Waals surface area contributed by atoms with Crippen LogP contribution in [0.25, 0.3) is 11.1 Å². The van der Waals surface area contributed by atoms with Crippen LogP contribution >= 0.6 is 0 Å². The Morgan fingerprint density at radius 3 is 2.35 bits per heavy atom. The van der Waals surface area contributed by atoms with Gasteiger partial charge < -0.3 is 10.1 Å². The zero-order valence-electron chi connectivity index (χ0n) is 16.9. The number of aryl methyl sites for hydroxylation is 2. The van der Waals surface area contributed by atoms with Gasteiger partial charge in [-0.25, -0.2) is 9.78 Å². The largest absolute Gasteiger partial charge is 0.478 e. The first kappa shape index (κ1) is 20.1. The molecule has 2 N–H and O–H groups in total. The predicted molar refractivity (Wildman–Crippen MR) is 119 cm³/mol. The van der Waals surface area contributed by atoms with Crippen molar-refractivity contribution >= 4 is 5.97 Å². The highest BCUT2D eigenvalue weighted by molar-refractivity contribution is 5.95. The molecule has 1 aromatic heterocycles. The van der Waals surface area contributed by atoms with Gasteiger partial charge in [-0.05, 0) is 46.9 Å². The van der Waals surface area contributed by atoms with E-state index in [1.54, 1.807) is 12.1 Å². The van der Waals surface area contributed by atoms with Crippen LogP contribution in [0.5, 0.6) is 0 Å². The van der Waals surface area contributed by atoms with Gasteiger partial charge in [-0.1, -0.05) is 54.6 Å². The van der Waals surface area contributed by atoms with E-state index in [-0.39, 0.29) is 0 Å². The number of nitrogens with zero attached hydrogens (tertiary/aromatic N) is 2. The summed E-state index contributed by atoms with van der Waals surface area (Å²) in [7, 11) is 0. The van der Waals surface area contributed by atoms with Crippen LogP contribution in [-0.4, -0.2) is 21.0 Å². The molecule has 0 saturated carbocycles. The van der Waals surface area contributed by atoms with Crippen molar-refractivity contribution in [3.8, 4) is 17.2 Å². The molecule has 0 bridgehead atoms. The Morgan fingerprint density at radius 2 is 1.65 bits per heavy atom. The Balaban J connectivity index is 1.38. The predicted octanol–water partition coefficient (Wildman–Crippen LogP) is 5.02. The molecular weight excluding hydrogens is 386 g/mol. The molecule has 0 spiro atoms. The lowest BCUT2D eigenvalue weighted by Crippen LogP contribution is -1.99. The van der Waals surface area contributed by atoms with Crippen LogP contribution < -0.4 is 0 Å². The van der Waals surface area contributed by atoms with Crippen molar-refractivity contribution < 1.29 is 9.90 Å². The SMILES string of the molecule is N#Cc1ccc(Cc2cnc(CCc3ccc(-c4ccccc4C(=O)O)cc3)[nH]2)cc1. The molecule has 1 heterocycles. The van der Waals surface area contributed by atoms with Gasteiger partial charge in [0, 0.05) is 24.7 Å². The number of carbonyl (C=O) groups is 1. The van der Waals surface area contributed by atoms with Gasteiger partial charge in [0.1, 0.15) is 5.82 Å². The first-order valence-electron chi connectivity index (χ1n) is 10.1. The molecule has 0 saturated heterocycles. The van der Waals surface area contributed by atoms with Crippen molar-refractivity contribution in [3.05, 3.63) is 113 Å². The molecule has 3 aromatic carbocycles. The van der Waals surface area contributed by atoms with Gasteiger partial charge in [0.2, 0.25) is 0 Å². The molecule has 4 aromatic rings. The van der Waals surface area contributed by atoms with E-state index in [2.05, 4.69) is 16.0 Å². The molecule has 0 fully saturated rings. The summed E-state index contributed by atoms with van der Waals surface area (Å²) in [6, 6.07) is 24.7. The molecular formula is C26H21N3O2. The van der Waals surface area contributed by atoms with Crippen LogP contribution in [-0.2, 0) is 19.3 Å². The highest BCUT2D eigenvalue weighted by Crippen LogP contribution is 2.24. The van der Waals surface area contributed by atoms with Crippen molar-refractivity contribution in [2.45, 2.75) is 19.3 Å². The van der Waals surface area contributed by atoms with E-state index in [1.807, 2.05) is 66.9 Å². The maximum Gasteiger partial charge on any atom is 0.336 e. The average Bonchev–Trinajstić information content (AvgIpc) is 3.26. The van der Waals surface area contributed by atoms with Gasteiger partial charge in [0.05, 0.1) is 17.2 Å². The molecule has 0 amide bonds. The highest BCUT2D eigenvalue weighted by atomic mass is 16.4. The molecule has 0 aliphatic heterocycles. The molecule has 5 heteroatoms. The quantitative estimate of drug-likeness (QED) is 0.450. The Hall–Kier alpha value is -4.17. The molecule has 31 heavy (non-hydrogen) atoms. The monoisotopic (exact) mass is 407 g/mol. The normalized spacial score (nSPS) is 10.5. The molecule has 5 nitrogen and oxygen atoms in total. The van der Waals surface area contributed by atoms with E-state index in [4.69, 9.17) is 5.26 Å². The number of nitrogens with one attached hydrogen (secondary N) is 1. The van der Waals surface area contributed by atoms with E-state index < -0.39 is 5.97 Å². The minimum absolute atomic E-state index is 0.306. The Morgan fingerprint density at radius 1 is 0.935 bits per heavy atom. The number of rotatable bonds is 7. The van der Waals surface area contributed by atoms with E-state index in [9.17, 15) is 9.90 Å². The van der Waals surface area contributed by atoms with Gasteiger partial charge >= 0.3 is 5.97 Å². The summed E-state index contributed by atoms with van der Waals surface area (Å²) in [6.07, 6.45) is 4.24. The lowest BCUT2D eigenvalue weighted by Gasteiger charge is -2.07. The second kappa shape index (κ2) is 9.10.